The highest BCUT2D eigenvalue weighted by molar-refractivity contribution is 6.34. The zero-order valence-corrected chi connectivity index (χ0v) is 11.7. The van der Waals surface area contributed by atoms with Crippen molar-refractivity contribution < 1.29 is 10.2 Å². The van der Waals surface area contributed by atoms with Gasteiger partial charge in [-0.15, -0.1) is 0 Å². The molecule has 0 bridgehead atoms. The van der Waals surface area contributed by atoms with Crippen molar-refractivity contribution in [3.05, 3.63) is 33.8 Å². The number of nitrogens with one attached hydrogen (secondary N) is 1. The lowest BCUT2D eigenvalue weighted by Crippen LogP contribution is -3.12. The van der Waals surface area contributed by atoms with Crippen LogP contribution < -0.4 is 10.2 Å². The van der Waals surface area contributed by atoms with Crippen LogP contribution in [0, 0.1) is 0 Å². The highest BCUT2D eigenvalue weighted by Gasteiger charge is 2.23. The molecule has 1 aromatic rings. The number of benzene rings is 1. The van der Waals surface area contributed by atoms with E-state index in [1.807, 2.05) is 12.1 Å². The van der Waals surface area contributed by atoms with Crippen molar-refractivity contribution in [1.82, 2.24) is 0 Å². The fourth-order valence-electron chi connectivity index (χ4n) is 2.61. The third kappa shape index (κ3) is 3.59. The SMILES string of the molecule is C[NH2+][C@H](C[NH+]1CCCC1)c1cc(Cl)cc(Cl)c1. The normalized spacial score (nSPS) is 18.5. The Bertz CT molecular complexity index is 355. The van der Waals surface area contributed by atoms with Crippen molar-refractivity contribution in [1.29, 1.82) is 0 Å². The van der Waals surface area contributed by atoms with Gasteiger partial charge < -0.3 is 10.2 Å². The van der Waals surface area contributed by atoms with E-state index >= 15 is 0 Å². The smallest absolute Gasteiger partial charge is 0.161 e. The van der Waals surface area contributed by atoms with Crippen molar-refractivity contribution in [3.63, 3.8) is 0 Å². The molecular formula is C13H20Cl2N2+2. The van der Waals surface area contributed by atoms with Crippen LogP contribution >= 0.6 is 23.2 Å². The van der Waals surface area contributed by atoms with Gasteiger partial charge in [-0.25, -0.2) is 0 Å². The largest absolute Gasteiger partial charge is 0.338 e. The molecule has 4 heteroatoms. The van der Waals surface area contributed by atoms with Crippen molar-refractivity contribution >= 4 is 23.2 Å². The van der Waals surface area contributed by atoms with Gasteiger partial charge in [-0.1, -0.05) is 23.2 Å². The van der Waals surface area contributed by atoms with Gasteiger partial charge in [0.25, 0.3) is 0 Å². The van der Waals surface area contributed by atoms with Gasteiger partial charge in [0.2, 0.25) is 0 Å². The Balaban J connectivity index is 2.10. The second kappa shape index (κ2) is 6.05. The van der Waals surface area contributed by atoms with Crippen LogP contribution in [-0.4, -0.2) is 26.7 Å². The quantitative estimate of drug-likeness (QED) is 0.815. The average molecular weight is 275 g/mol. The second-order valence-electron chi connectivity index (χ2n) is 4.80. The van der Waals surface area contributed by atoms with Crippen LogP contribution in [-0.2, 0) is 0 Å². The minimum atomic E-state index is 0.458. The molecule has 1 aliphatic heterocycles. The summed E-state index contributed by atoms with van der Waals surface area (Å²) in [6.45, 7) is 3.77. The number of rotatable bonds is 4. The van der Waals surface area contributed by atoms with E-state index in [9.17, 15) is 0 Å². The number of likely N-dealkylation sites (N-methyl/N-ethyl adjacent to an activating group) is 1. The number of hydrogen-bond donors (Lipinski definition) is 2. The molecule has 2 nitrogen and oxygen atoms in total. The molecule has 1 aromatic carbocycles. The Labute approximate surface area is 113 Å². The lowest BCUT2D eigenvalue weighted by atomic mass is 10.1. The summed E-state index contributed by atoms with van der Waals surface area (Å²) in [6.07, 6.45) is 2.73. The van der Waals surface area contributed by atoms with Crippen molar-refractivity contribution in [2.75, 3.05) is 26.7 Å². The third-order valence-electron chi connectivity index (χ3n) is 3.53. The summed E-state index contributed by atoms with van der Waals surface area (Å²) < 4.78 is 0. The Hall–Kier alpha value is -0.280. The first-order valence-electron chi connectivity index (χ1n) is 6.28. The molecule has 1 fully saturated rings. The summed E-state index contributed by atoms with van der Waals surface area (Å²) in [6, 6.07) is 6.32. The average Bonchev–Trinajstić information content (AvgIpc) is 2.77. The third-order valence-corrected chi connectivity index (χ3v) is 3.97. The molecule has 0 saturated carbocycles. The fourth-order valence-corrected chi connectivity index (χ4v) is 3.15. The number of likely N-dealkylation sites (tertiary alicyclic amines) is 1. The van der Waals surface area contributed by atoms with E-state index in [0.29, 0.717) is 6.04 Å². The van der Waals surface area contributed by atoms with Gasteiger partial charge in [0, 0.05) is 28.5 Å². The molecule has 0 spiro atoms. The molecule has 2 rings (SSSR count). The van der Waals surface area contributed by atoms with E-state index in [1.54, 1.807) is 11.0 Å². The van der Waals surface area contributed by atoms with E-state index in [-0.39, 0.29) is 0 Å². The Kier molecular flexibility index (Phi) is 4.69. The van der Waals surface area contributed by atoms with Gasteiger partial charge in [0.1, 0.15) is 6.54 Å². The molecule has 0 amide bonds. The van der Waals surface area contributed by atoms with Gasteiger partial charge in [-0.05, 0) is 18.2 Å². The second-order valence-corrected chi connectivity index (χ2v) is 5.68. The first-order chi connectivity index (χ1) is 8.19. The molecule has 0 aromatic heterocycles. The summed E-state index contributed by atoms with van der Waals surface area (Å²) in [5.41, 5.74) is 1.24. The van der Waals surface area contributed by atoms with E-state index in [0.717, 1.165) is 16.6 Å². The van der Waals surface area contributed by atoms with E-state index < -0.39 is 0 Å². The van der Waals surface area contributed by atoms with Crippen molar-refractivity contribution in [3.8, 4) is 0 Å². The van der Waals surface area contributed by atoms with Gasteiger partial charge in [-0.2, -0.15) is 0 Å². The first-order valence-corrected chi connectivity index (χ1v) is 7.03. The number of quaternary nitrogens is 2. The molecule has 0 aliphatic carbocycles. The first kappa shape index (κ1) is 13.2. The predicted molar refractivity (Wildman–Crippen MR) is 71.9 cm³/mol. The summed E-state index contributed by atoms with van der Waals surface area (Å²) in [5.74, 6) is 0. The zero-order chi connectivity index (χ0) is 12.3. The minimum absolute atomic E-state index is 0.458. The zero-order valence-electron chi connectivity index (χ0n) is 10.2. The van der Waals surface area contributed by atoms with Gasteiger partial charge in [0.05, 0.1) is 20.1 Å². The highest BCUT2D eigenvalue weighted by Crippen LogP contribution is 2.21. The molecule has 1 aliphatic rings. The van der Waals surface area contributed by atoms with Crippen LogP contribution in [0.3, 0.4) is 0 Å². The maximum Gasteiger partial charge on any atom is 0.161 e. The maximum absolute atomic E-state index is 6.06. The maximum atomic E-state index is 6.06. The summed E-state index contributed by atoms with van der Waals surface area (Å²) in [4.78, 5) is 1.70. The van der Waals surface area contributed by atoms with Crippen molar-refractivity contribution in [2.45, 2.75) is 18.9 Å². The summed E-state index contributed by atoms with van der Waals surface area (Å²) >= 11 is 12.1. The van der Waals surface area contributed by atoms with Crippen LogP contribution in [0.15, 0.2) is 18.2 Å². The monoisotopic (exact) mass is 274 g/mol. The van der Waals surface area contributed by atoms with Gasteiger partial charge in [-0.3, -0.25) is 0 Å². The van der Waals surface area contributed by atoms with Crippen molar-refractivity contribution in [2.24, 2.45) is 0 Å². The Morgan fingerprint density at radius 2 is 1.76 bits per heavy atom. The van der Waals surface area contributed by atoms with E-state index in [2.05, 4.69) is 12.4 Å². The lowest BCUT2D eigenvalue weighted by molar-refractivity contribution is -0.908. The standard InChI is InChI=1S/C13H18Cl2N2/c1-16-13(9-17-4-2-3-5-17)10-6-11(14)8-12(15)7-10/h6-8,13,16H,2-5,9H2,1H3/p+2/t13-/m1/s1. The molecule has 0 radical (unpaired) electrons. The molecular weight excluding hydrogens is 255 g/mol. The van der Waals surface area contributed by atoms with Crippen LogP contribution in [0.2, 0.25) is 10.0 Å². The van der Waals surface area contributed by atoms with E-state index in [4.69, 9.17) is 23.2 Å². The summed E-state index contributed by atoms with van der Waals surface area (Å²) in [7, 11) is 2.12. The number of hydrogen-bond acceptors (Lipinski definition) is 0. The molecule has 0 unspecified atom stereocenters. The molecule has 1 atom stereocenters. The Morgan fingerprint density at radius 1 is 1.18 bits per heavy atom. The lowest BCUT2D eigenvalue weighted by Gasteiger charge is -2.18. The molecule has 1 saturated heterocycles. The fraction of sp³-hybridized carbons (Fsp3) is 0.538. The molecule has 3 N–H and O–H groups in total. The van der Waals surface area contributed by atoms with Crippen LogP contribution in [0.25, 0.3) is 0 Å². The predicted octanol–water partition coefficient (Wildman–Crippen LogP) is 0.906. The Morgan fingerprint density at radius 3 is 2.29 bits per heavy atom. The van der Waals surface area contributed by atoms with Gasteiger partial charge in [0.15, 0.2) is 6.04 Å². The minimum Gasteiger partial charge on any atom is -0.338 e. The van der Waals surface area contributed by atoms with Crippen LogP contribution in [0.5, 0.6) is 0 Å². The topological polar surface area (TPSA) is 21.1 Å². The van der Waals surface area contributed by atoms with E-state index in [1.165, 1.54) is 31.5 Å². The molecule has 1 heterocycles. The molecule has 94 valence electrons. The summed E-state index contributed by atoms with van der Waals surface area (Å²) in [5, 5.41) is 3.72. The molecule has 17 heavy (non-hydrogen) atoms. The highest BCUT2D eigenvalue weighted by atomic mass is 35.5. The van der Waals surface area contributed by atoms with Crippen LogP contribution in [0.1, 0.15) is 24.4 Å². The number of halogens is 2. The van der Waals surface area contributed by atoms with Gasteiger partial charge >= 0.3 is 0 Å². The number of nitrogens with two attached hydrogens (primary N) is 1. The van der Waals surface area contributed by atoms with Crippen LogP contribution in [0.4, 0.5) is 0 Å².